The van der Waals surface area contributed by atoms with Crippen molar-refractivity contribution in [1.29, 1.82) is 0 Å². The molecular formula is C12H19FN2O2S. The maximum Gasteiger partial charge on any atom is 0.240 e. The molecule has 0 radical (unpaired) electrons. The number of hydrogen-bond donors (Lipinski definition) is 2. The monoisotopic (exact) mass is 274 g/mol. The fraction of sp³-hybridized carbons (Fsp3) is 0.500. The molecule has 1 aromatic rings. The number of aryl methyl sites for hydroxylation is 1. The van der Waals surface area contributed by atoms with Crippen LogP contribution in [0.3, 0.4) is 0 Å². The molecule has 0 aliphatic carbocycles. The van der Waals surface area contributed by atoms with Gasteiger partial charge in [-0.05, 0) is 37.6 Å². The van der Waals surface area contributed by atoms with E-state index < -0.39 is 15.8 Å². The number of rotatable bonds is 7. The molecule has 0 aromatic heterocycles. The summed E-state index contributed by atoms with van der Waals surface area (Å²) < 4.78 is 39.4. The highest BCUT2D eigenvalue weighted by Crippen LogP contribution is 2.13. The lowest BCUT2D eigenvalue weighted by molar-refractivity contribution is 0.571. The molecule has 4 nitrogen and oxygen atoms in total. The van der Waals surface area contributed by atoms with Gasteiger partial charge in [-0.25, -0.2) is 17.5 Å². The number of benzene rings is 1. The van der Waals surface area contributed by atoms with E-state index in [-0.39, 0.29) is 11.4 Å². The molecule has 0 saturated carbocycles. The molecule has 0 spiro atoms. The summed E-state index contributed by atoms with van der Waals surface area (Å²) in [5, 5.41) is 3.08. The van der Waals surface area contributed by atoms with E-state index in [1.54, 1.807) is 6.92 Å². The first-order valence-electron chi connectivity index (χ1n) is 5.94. The summed E-state index contributed by atoms with van der Waals surface area (Å²) in [6, 6.07) is 3.90. The first kappa shape index (κ1) is 15.1. The minimum absolute atomic E-state index is 0.0407. The Morgan fingerprint density at radius 2 is 1.94 bits per heavy atom. The summed E-state index contributed by atoms with van der Waals surface area (Å²) in [6.07, 6.45) is 0.996. The number of nitrogens with one attached hydrogen (secondary N) is 2. The highest BCUT2D eigenvalue weighted by atomic mass is 32.2. The quantitative estimate of drug-likeness (QED) is 0.739. The molecular weight excluding hydrogens is 255 g/mol. The summed E-state index contributed by atoms with van der Waals surface area (Å²) in [4.78, 5) is -0.0407. The van der Waals surface area contributed by atoms with E-state index in [2.05, 4.69) is 10.0 Å². The first-order valence-corrected chi connectivity index (χ1v) is 7.42. The topological polar surface area (TPSA) is 58.2 Å². The van der Waals surface area contributed by atoms with Crippen LogP contribution in [-0.4, -0.2) is 28.1 Å². The van der Waals surface area contributed by atoms with Crippen molar-refractivity contribution in [2.45, 2.75) is 25.2 Å². The summed E-state index contributed by atoms with van der Waals surface area (Å²) in [7, 11) is -3.62. The standard InChI is InChI=1S/C12H19FN2O2S/c1-3-6-14-7-8-15-18(16,17)11-5-4-10(2)12(13)9-11/h4-5,9,14-15H,3,6-8H2,1-2H3. The summed E-state index contributed by atoms with van der Waals surface area (Å²) in [6.45, 7) is 5.32. The minimum atomic E-state index is -3.62. The van der Waals surface area contributed by atoms with Crippen LogP contribution in [0, 0.1) is 12.7 Å². The van der Waals surface area contributed by atoms with Crippen molar-refractivity contribution in [3.05, 3.63) is 29.6 Å². The molecule has 6 heteroatoms. The SMILES string of the molecule is CCCNCCNS(=O)(=O)c1ccc(C)c(F)c1. The average Bonchev–Trinajstić information content (AvgIpc) is 2.32. The van der Waals surface area contributed by atoms with E-state index in [1.165, 1.54) is 12.1 Å². The molecule has 0 fully saturated rings. The van der Waals surface area contributed by atoms with Crippen molar-refractivity contribution in [3.63, 3.8) is 0 Å². The highest BCUT2D eigenvalue weighted by Gasteiger charge is 2.14. The Morgan fingerprint density at radius 3 is 2.56 bits per heavy atom. The second kappa shape index (κ2) is 6.82. The van der Waals surface area contributed by atoms with Crippen molar-refractivity contribution >= 4 is 10.0 Å². The van der Waals surface area contributed by atoms with Gasteiger partial charge in [0, 0.05) is 13.1 Å². The molecule has 0 aliphatic rings. The maximum atomic E-state index is 13.3. The van der Waals surface area contributed by atoms with Crippen molar-refractivity contribution in [2.75, 3.05) is 19.6 Å². The molecule has 0 atom stereocenters. The number of sulfonamides is 1. The van der Waals surface area contributed by atoms with E-state index in [9.17, 15) is 12.8 Å². The summed E-state index contributed by atoms with van der Waals surface area (Å²) in [5.41, 5.74) is 0.429. The van der Waals surface area contributed by atoms with E-state index >= 15 is 0 Å². The molecule has 1 rings (SSSR count). The van der Waals surface area contributed by atoms with E-state index in [0.717, 1.165) is 19.0 Å². The molecule has 18 heavy (non-hydrogen) atoms. The molecule has 0 bridgehead atoms. The third kappa shape index (κ3) is 4.36. The van der Waals surface area contributed by atoms with Gasteiger partial charge in [0.1, 0.15) is 5.82 Å². The third-order valence-corrected chi connectivity index (χ3v) is 3.93. The van der Waals surface area contributed by atoms with Gasteiger partial charge in [-0.1, -0.05) is 13.0 Å². The zero-order valence-electron chi connectivity index (χ0n) is 10.7. The lowest BCUT2D eigenvalue weighted by Crippen LogP contribution is -2.32. The maximum absolute atomic E-state index is 13.3. The first-order chi connectivity index (χ1) is 8.47. The Hall–Kier alpha value is -0.980. The third-order valence-electron chi connectivity index (χ3n) is 2.47. The number of hydrogen-bond acceptors (Lipinski definition) is 3. The van der Waals surface area contributed by atoms with Crippen LogP contribution in [0.1, 0.15) is 18.9 Å². The van der Waals surface area contributed by atoms with Gasteiger partial charge in [0.25, 0.3) is 0 Å². The fourth-order valence-electron chi connectivity index (χ4n) is 1.40. The molecule has 2 N–H and O–H groups in total. The van der Waals surface area contributed by atoms with Crippen molar-refractivity contribution < 1.29 is 12.8 Å². The van der Waals surface area contributed by atoms with Gasteiger partial charge in [0.2, 0.25) is 10.0 Å². The van der Waals surface area contributed by atoms with Crippen molar-refractivity contribution in [3.8, 4) is 0 Å². The van der Waals surface area contributed by atoms with Gasteiger partial charge >= 0.3 is 0 Å². The van der Waals surface area contributed by atoms with E-state index in [0.29, 0.717) is 12.1 Å². The second-order valence-electron chi connectivity index (χ2n) is 4.06. The van der Waals surface area contributed by atoms with Gasteiger partial charge in [-0.2, -0.15) is 0 Å². The Balaban J connectivity index is 2.60. The molecule has 1 aromatic carbocycles. The molecule has 0 saturated heterocycles. The van der Waals surface area contributed by atoms with Crippen LogP contribution in [0.5, 0.6) is 0 Å². The zero-order valence-corrected chi connectivity index (χ0v) is 11.5. The largest absolute Gasteiger partial charge is 0.315 e. The number of halogens is 1. The predicted molar refractivity (Wildman–Crippen MR) is 69.5 cm³/mol. The van der Waals surface area contributed by atoms with Crippen LogP contribution < -0.4 is 10.0 Å². The summed E-state index contributed by atoms with van der Waals surface area (Å²) >= 11 is 0. The Morgan fingerprint density at radius 1 is 1.22 bits per heavy atom. The van der Waals surface area contributed by atoms with Gasteiger partial charge in [-0.3, -0.25) is 0 Å². The van der Waals surface area contributed by atoms with Crippen molar-refractivity contribution in [1.82, 2.24) is 10.0 Å². The lowest BCUT2D eigenvalue weighted by atomic mass is 10.2. The zero-order chi connectivity index (χ0) is 13.6. The predicted octanol–water partition coefficient (Wildman–Crippen LogP) is 1.41. The molecule has 0 amide bonds. The van der Waals surface area contributed by atoms with Crippen LogP contribution in [0.2, 0.25) is 0 Å². The van der Waals surface area contributed by atoms with Gasteiger partial charge in [0.05, 0.1) is 4.90 Å². The van der Waals surface area contributed by atoms with Crippen LogP contribution in [-0.2, 0) is 10.0 Å². The molecule has 0 unspecified atom stereocenters. The Labute approximate surface area is 108 Å². The van der Waals surface area contributed by atoms with Gasteiger partial charge in [-0.15, -0.1) is 0 Å². The average molecular weight is 274 g/mol. The van der Waals surface area contributed by atoms with Crippen LogP contribution >= 0.6 is 0 Å². The van der Waals surface area contributed by atoms with E-state index in [1.807, 2.05) is 6.92 Å². The molecule has 0 heterocycles. The molecule has 102 valence electrons. The van der Waals surface area contributed by atoms with Crippen LogP contribution in [0.25, 0.3) is 0 Å². The van der Waals surface area contributed by atoms with Gasteiger partial charge in [0.15, 0.2) is 0 Å². The lowest BCUT2D eigenvalue weighted by Gasteiger charge is -2.08. The van der Waals surface area contributed by atoms with Gasteiger partial charge < -0.3 is 5.32 Å². The second-order valence-corrected chi connectivity index (χ2v) is 5.83. The highest BCUT2D eigenvalue weighted by molar-refractivity contribution is 7.89. The van der Waals surface area contributed by atoms with Crippen molar-refractivity contribution in [2.24, 2.45) is 0 Å². The normalized spacial score (nSPS) is 11.7. The van der Waals surface area contributed by atoms with E-state index in [4.69, 9.17) is 0 Å². The summed E-state index contributed by atoms with van der Waals surface area (Å²) in [5.74, 6) is -0.512. The smallest absolute Gasteiger partial charge is 0.240 e. The van der Waals surface area contributed by atoms with Crippen LogP contribution in [0.4, 0.5) is 4.39 Å². The fourth-order valence-corrected chi connectivity index (χ4v) is 2.44. The molecule has 0 aliphatic heterocycles. The minimum Gasteiger partial charge on any atom is -0.315 e. The Kier molecular flexibility index (Phi) is 5.71. The Bertz CT molecular complexity index is 489. The van der Waals surface area contributed by atoms with Crippen LogP contribution in [0.15, 0.2) is 23.1 Å².